The van der Waals surface area contributed by atoms with Gasteiger partial charge in [-0.25, -0.2) is 0 Å². The molecule has 114 valence electrons. The normalized spacial score (nSPS) is 12.7. The second-order valence-corrected chi connectivity index (χ2v) is 6.51. The minimum atomic E-state index is 0.232. The van der Waals surface area contributed by atoms with Crippen LogP contribution in [-0.4, -0.2) is 24.7 Å². The van der Waals surface area contributed by atoms with Crippen LogP contribution in [0.15, 0.2) is 24.3 Å². The molecule has 20 heavy (non-hydrogen) atoms. The molecule has 0 bridgehead atoms. The highest BCUT2D eigenvalue weighted by Crippen LogP contribution is 2.22. The standard InChI is InChI=1S/C17H29NOS/c1-5-6-7-12-20-13-17(18-4)15-8-10-16(11-9-15)19-14(2)3/h8-11,14,17-18H,5-7,12-13H2,1-4H3. The Balaban J connectivity index is 2.44. The molecule has 0 radical (unpaired) electrons. The van der Waals surface area contributed by atoms with Crippen LogP contribution in [0.4, 0.5) is 0 Å². The van der Waals surface area contributed by atoms with Crippen LogP contribution in [0.1, 0.15) is 51.6 Å². The third kappa shape index (κ3) is 6.67. The van der Waals surface area contributed by atoms with Gasteiger partial charge >= 0.3 is 0 Å². The van der Waals surface area contributed by atoms with Gasteiger partial charge in [-0.1, -0.05) is 31.9 Å². The van der Waals surface area contributed by atoms with E-state index in [0.717, 1.165) is 11.5 Å². The number of ether oxygens (including phenoxy) is 1. The third-order valence-corrected chi connectivity index (χ3v) is 4.33. The fraction of sp³-hybridized carbons (Fsp3) is 0.647. The second kappa shape index (κ2) is 10.1. The molecule has 1 aromatic carbocycles. The van der Waals surface area contributed by atoms with Crippen LogP contribution in [0, 0.1) is 0 Å². The molecule has 1 N–H and O–H groups in total. The summed E-state index contributed by atoms with van der Waals surface area (Å²) in [5, 5.41) is 3.41. The molecule has 0 saturated carbocycles. The average molecular weight is 295 g/mol. The first-order valence-electron chi connectivity index (χ1n) is 7.69. The van der Waals surface area contributed by atoms with Crippen molar-refractivity contribution >= 4 is 11.8 Å². The van der Waals surface area contributed by atoms with Crippen LogP contribution in [0.25, 0.3) is 0 Å². The summed E-state index contributed by atoms with van der Waals surface area (Å²) >= 11 is 2.04. The summed E-state index contributed by atoms with van der Waals surface area (Å²) in [4.78, 5) is 0. The highest BCUT2D eigenvalue weighted by Gasteiger charge is 2.09. The molecular weight excluding hydrogens is 266 g/mol. The van der Waals surface area contributed by atoms with E-state index in [1.165, 1.54) is 30.6 Å². The Hall–Kier alpha value is -0.670. The summed E-state index contributed by atoms with van der Waals surface area (Å²) < 4.78 is 5.68. The Morgan fingerprint density at radius 2 is 1.85 bits per heavy atom. The molecule has 2 nitrogen and oxygen atoms in total. The Labute approximate surface area is 128 Å². The summed E-state index contributed by atoms with van der Waals surface area (Å²) in [5.41, 5.74) is 1.34. The largest absolute Gasteiger partial charge is 0.491 e. The molecule has 1 atom stereocenters. The molecule has 0 aromatic heterocycles. The van der Waals surface area contributed by atoms with E-state index in [-0.39, 0.29) is 6.10 Å². The van der Waals surface area contributed by atoms with Gasteiger partial charge in [0.05, 0.1) is 6.10 Å². The molecule has 0 aliphatic carbocycles. The van der Waals surface area contributed by atoms with Gasteiger partial charge in [-0.05, 0) is 50.8 Å². The van der Waals surface area contributed by atoms with E-state index in [1.54, 1.807) is 0 Å². The van der Waals surface area contributed by atoms with Crippen molar-refractivity contribution in [3.05, 3.63) is 29.8 Å². The van der Waals surface area contributed by atoms with Crippen molar-refractivity contribution in [2.75, 3.05) is 18.6 Å². The second-order valence-electron chi connectivity index (χ2n) is 5.36. The fourth-order valence-corrected chi connectivity index (χ4v) is 3.22. The summed E-state index contributed by atoms with van der Waals surface area (Å²) in [6, 6.07) is 8.91. The van der Waals surface area contributed by atoms with Crippen LogP contribution in [0.2, 0.25) is 0 Å². The summed E-state index contributed by atoms with van der Waals surface area (Å²) in [7, 11) is 2.04. The zero-order valence-corrected chi connectivity index (χ0v) is 14.1. The molecular formula is C17H29NOS. The van der Waals surface area contributed by atoms with E-state index in [1.807, 2.05) is 18.8 Å². The molecule has 0 fully saturated rings. The van der Waals surface area contributed by atoms with Crippen molar-refractivity contribution in [2.24, 2.45) is 0 Å². The lowest BCUT2D eigenvalue weighted by molar-refractivity contribution is 0.242. The number of unbranched alkanes of at least 4 members (excludes halogenated alkanes) is 2. The van der Waals surface area contributed by atoms with Gasteiger partial charge in [-0.15, -0.1) is 0 Å². The predicted octanol–water partition coefficient (Wildman–Crippen LogP) is 4.66. The van der Waals surface area contributed by atoms with Gasteiger partial charge in [-0.2, -0.15) is 11.8 Å². The average Bonchev–Trinajstić information content (AvgIpc) is 2.43. The van der Waals surface area contributed by atoms with E-state index >= 15 is 0 Å². The molecule has 1 aromatic rings. The topological polar surface area (TPSA) is 21.3 Å². The van der Waals surface area contributed by atoms with Crippen molar-refractivity contribution in [3.8, 4) is 5.75 Å². The summed E-state index contributed by atoms with van der Waals surface area (Å²) in [6.45, 7) is 6.36. The molecule has 0 heterocycles. The molecule has 0 amide bonds. The molecule has 3 heteroatoms. The zero-order valence-electron chi connectivity index (χ0n) is 13.3. The Morgan fingerprint density at radius 3 is 2.40 bits per heavy atom. The maximum absolute atomic E-state index is 5.68. The molecule has 1 rings (SSSR count). The van der Waals surface area contributed by atoms with E-state index in [2.05, 4.69) is 50.4 Å². The van der Waals surface area contributed by atoms with Crippen LogP contribution in [-0.2, 0) is 0 Å². The number of thioether (sulfide) groups is 1. The van der Waals surface area contributed by atoms with Crippen LogP contribution < -0.4 is 10.1 Å². The van der Waals surface area contributed by atoms with Gasteiger partial charge in [0, 0.05) is 11.8 Å². The lowest BCUT2D eigenvalue weighted by Crippen LogP contribution is -2.19. The van der Waals surface area contributed by atoms with Gasteiger partial charge in [0.15, 0.2) is 0 Å². The lowest BCUT2D eigenvalue weighted by atomic mass is 10.1. The summed E-state index contributed by atoms with van der Waals surface area (Å²) in [6.07, 6.45) is 4.21. The van der Waals surface area contributed by atoms with Crippen molar-refractivity contribution in [1.29, 1.82) is 0 Å². The molecule has 0 aliphatic rings. The van der Waals surface area contributed by atoms with Crippen molar-refractivity contribution in [2.45, 2.75) is 52.2 Å². The quantitative estimate of drug-likeness (QED) is 0.634. The molecule has 1 unspecified atom stereocenters. The minimum Gasteiger partial charge on any atom is -0.491 e. The first-order valence-corrected chi connectivity index (χ1v) is 8.84. The zero-order chi connectivity index (χ0) is 14.8. The summed E-state index contributed by atoms with van der Waals surface area (Å²) in [5.74, 6) is 3.35. The third-order valence-electron chi connectivity index (χ3n) is 3.18. The monoisotopic (exact) mass is 295 g/mol. The van der Waals surface area contributed by atoms with Crippen LogP contribution in [0.3, 0.4) is 0 Å². The van der Waals surface area contributed by atoms with Gasteiger partial charge in [0.2, 0.25) is 0 Å². The van der Waals surface area contributed by atoms with Gasteiger partial charge < -0.3 is 10.1 Å². The van der Waals surface area contributed by atoms with E-state index in [4.69, 9.17) is 4.74 Å². The number of benzene rings is 1. The molecule has 0 spiro atoms. The Bertz CT molecular complexity index is 351. The number of hydrogen-bond acceptors (Lipinski definition) is 3. The highest BCUT2D eigenvalue weighted by molar-refractivity contribution is 7.99. The predicted molar refractivity (Wildman–Crippen MR) is 90.9 cm³/mol. The highest BCUT2D eigenvalue weighted by atomic mass is 32.2. The van der Waals surface area contributed by atoms with Crippen molar-refractivity contribution in [3.63, 3.8) is 0 Å². The van der Waals surface area contributed by atoms with E-state index in [0.29, 0.717) is 6.04 Å². The Kier molecular flexibility index (Phi) is 8.79. The number of nitrogens with one attached hydrogen (secondary N) is 1. The lowest BCUT2D eigenvalue weighted by Gasteiger charge is -2.17. The minimum absolute atomic E-state index is 0.232. The smallest absolute Gasteiger partial charge is 0.119 e. The molecule has 0 saturated heterocycles. The van der Waals surface area contributed by atoms with Crippen molar-refractivity contribution in [1.82, 2.24) is 5.32 Å². The van der Waals surface area contributed by atoms with Gasteiger partial charge in [0.25, 0.3) is 0 Å². The van der Waals surface area contributed by atoms with Crippen molar-refractivity contribution < 1.29 is 4.74 Å². The number of rotatable bonds is 10. The maximum atomic E-state index is 5.68. The SMILES string of the molecule is CCCCCSCC(NC)c1ccc(OC(C)C)cc1. The first kappa shape index (κ1) is 17.4. The van der Waals surface area contributed by atoms with Crippen LogP contribution in [0.5, 0.6) is 5.75 Å². The van der Waals surface area contributed by atoms with Gasteiger partial charge in [0.1, 0.15) is 5.75 Å². The first-order chi connectivity index (χ1) is 9.67. The van der Waals surface area contributed by atoms with Gasteiger partial charge in [-0.3, -0.25) is 0 Å². The Morgan fingerprint density at radius 1 is 1.15 bits per heavy atom. The maximum Gasteiger partial charge on any atom is 0.119 e. The van der Waals surface area contributed by atoms with Crippen LogP contribution >= 0.6 is 11.8 Å². The number of hydrogen-bond donors (Lipinski definition) is 1. The molecule has 0 aliphatic heterocycles. The fourth-order valence-electron chi connectivity index (χ4n) is 2.05. The van der Waals surface area contributed by atoms with E-state index < -0.39 is 0 Å². The van der Waals surface area contributed by atoms with E-state index in [9.17, 15) is 0 Å².